The molecule has 22 heavy (non-hydrogen) atoms. The van der Waals surface area contributed by atoms with Gasteiger partial charge in [0.2, 0.25) is 5.91 Å². The number of ether oxygens (including phenoxy) is 1. The van der Waals surface area contributed by atoms with Crippen molar-refractivity contribution in [2.24, 2.45) is 0 Å². The number of hydrogen-bond acceptors (Lipinski definition) is 3. The van der Waals surface area contributed by atoms with Gasteiger partial charge in [-0.2, -0.15) is 0 Å². The average molecular weight is 297 g/mol. The summed E-state index contributed by atoms with van der Waals surface area (Å²) in [6.07, 6.45) is 2.01. The van der Waals surface area contributed by atoms with Gasteiger partial charge in [-0.15, -0.1) is 0 Å². The normalized spacial score (nSPS) is 10.1. The first-order chi connectivity index (χ1) is 10.6. The lowest BCUT2D eigenvalue weighted by atomic mass is 10.1. The van der Waals surface area contributed by atoms with Crippen molar-refractivity contribution in [3.8, 4) is 11.5 Å². The minimum absolute atomic E-state index is 0.121. The number of rotatable bonds is 6. The Balaban J connectivity index is 1.93. The van der Waals surface area contributed by atoms with Crippen LogP contribution in [0.2, 0.25) is 0 Å². The molecule has 0 saturated carbocycles. The van der Waals surface area contributed by atoms with Crippen LogP contribution in [0.4, 0.5) is 0 Å². The van der Waals surface area contributed by atoms with E-state index in [4.69, 9.17) is 4.74 Å². The maximum absolute atomic E-state index is 11.6. The van der Waals surface area contributed by atoms with E-state index in [0.717, 1.165) is 17.6 Å². The van der Waals surface area contributed by atoms with Crippen LogP contribution in [0.5, 0.6) is 11.5 Å². The first-order valence-corrected chi connectivity index (χ1v) is 7.10. The van der Waals surface area contributed by atoms with E-state index in [1.807, 2.05) is 24.3 Å². The maximum atomic E-state index is 11.6. The SMILES string of the molecule is CN(C)C(=O)CCc1ccc(Oc2ccc(C=O)cc2)cc1. The largest absolute Gasteiger partial charge is 0.457 e. The fourth-order valence-corrected chi connectivity index (χ4v) is 1.95. The summed E-state index contributed by atoms with van der Waals surface area (Å²) in [7, 11) is 3.52. The molecular weight excluding hydrogens is 278 g/mol. The molecule has 4 heteroatoms. The zero-order valence-electron chi connectivity index (χ0n) is 12.8. The topological polar surface area (TPSA) is 46.6 Å². The number of carbonyl (C=O) groups excluding carboxylic acids is 2. The number of nitrogens with zero attached hydrogens (tertiary/aromatic N) is 1. The molecule has 0 heterocycles. The van der Waals surface area contributed by atoms with E-state index in [0.29, 0.717) is 24.2 Å². The molecule has 1 amide bonds. The summed E-state index contributed by atoms with van der Waals surface area (Å²) in [5, 5.41) is 0. The second kappa shape index (κ2) is 7.41. The van der Waals surface area contributed by atoms with Gasteiger partial charge >= 0.3 is 0 Å². The van der Waals surface area contributed by atoms with Crippen molar-refractivity contribution in [2.45, 2.75) is 12.8 Å². The van der Waals surface area contributed by atoms with E-state index in [1.54, 1.807) is 43.3 Å². The van der Waals surface area contributed by atoms with Crippen LogP contribution in [0.1, 0.15) is 22.3 Å². The predicted octanol–water partition coefficient (Wildman–Crippen LogP) is 3.31. The number of aldehydes is 1. The number of benzene rings is 2. The molecule has 0 fully saturated rings. The first-order valence-electron chi connectivity index (χ1n) is 7.10. The fraction of sp³-hybridized carbons (Fsp3) is 0.222. The fourth-order valence-electron chi connectivity index (χ4n) is 1.95. The Morgan fingerprint density at radius 1 is 1.00 bits per heavy atom. The van der Waals surface area contributed by atoms with Gasteiger partial charge in [0.25, 0.3) is 0 Å². The molecular formula is C18H19NO3. The lowest BCUT2D eigenvalue weighted by Crippen LogP contribution is -2.21. The monoisotopic (exact) mass is 297 g/mol. The zero-order chi connectivity index (χ0) is 15.9. The molecule has 0 atom stereocenters. The second-order valence-electron chi connectivity index (χ2n) is 5.22. The van der Waals surface area contributed by atoms with Crippen LogP contribution in [0.3, 0.4) is 0 Å². The predicted molar refractivity (Wildman–Crippen MR) is 85.4 cm³/mol. The van der Waals surface area contributed by atoms with E-state index < -0.39 is 0 Å². The quantitative estimate of drug-likeness (QED) is 0.768. The van der Waals surface area contributed by atoms with Crippen molar-refractivity contribution in [1.82, 2.24) is 4.90 Å². The van der Waals surface area contributed by atoms with E-state index in [1.165, 1.54) is 0 Å². The third-order valence-corrected chi connectivity index (χ3v) is 3.30. The molecule has 0 N–H and O–H groups in total. The smallest absolute Gasteiger partial charge is 0.222 e. The summed E-state index contributed by atoms with van der Waals surface area (Å²) in [6.45, 7) is 0. The summed E-state index contributed by atoms with van der Waals surface area (Å²) >= 11 is 0. The molecule has 0 spiro atoms. The van der Waals surface area contributed by atoms with Crippen molar-refractivity contribution in [3.63, 3.8) is 0 Å². The molecule has 4 nitrogen and oxygen atoms in total. The Morgan fingerprint density at radius 2 is 1.55 bits per heavy atom. The molecule has 0 aromatic heterocycles. The van der Waals surface area contributed by atoms with Gasteiger partial charge in [-0.25, -0.2) is 0 Å². The summed E-state index contributed by atoms with van der Waals surface area (Å²) in [6, 6.07) is 14.6. The van der Waals surface area contributed by atoms with Crippen molar-refractivity contribution in [3.05, 3.63) is 59.7 Å². The Labute approximate surface area is 130 Å². The third-order valence-electron chi connectivity index (χ3n) is 3.30. The summed E-state index contributed by atoms with van der Waals surface area (Å²) < 4.78 is 5.71. The Kier molecular flexibility index (Phi) is 5.31. The van der Waals surface area contributed by atoms with Crippen LogP contribution in [-0.2, 0) is 11.2 Å². The third kappa shape index (κ3) is 4.45. The van der Waals surface area contributed by atoms with Gasteiger partial charge in [-0.1, -0.05) is 12.1 Å². The van der Waals surface area contributed by atoms with Gasteiger partial charge in [0.15, 0.2) is 0 Å². The molecule has 0 aliphatic carbocycles. The average Bonchev–Trinajstić information content (AvgIpc) is 2.54. The highest BCUT2D eigenvalue weighted by molar-refractivity contribution is 5.76. The molecule has 2 aromatic rings. The highest BCUT2D eigenvalue weighted by Gasteiger charge is 2.04. The molecule has 0 unspecified atom stereocenters. The van der Waals surface area contributed by atoms with Crippen LogP contribution < -0.4 is 4.74 Å². The van der Waals surface area contributed by atoms with Crippen LogP contribution in [-0.4, -0.2) is 31.2 Å². The standard InChI is InChI=1S/C18H19NO3/c1-19(2)18(21)12-7-14-3-8-16(9-4-14)22-17-10-5-15(13-20)6-11-17/h3-6,8-11,13H,7,12H2,1-2H3. The van der Waals surface area contributed by atoms with E-state index in [-0.39, 0.29) is 5.91 Å². The minimum Gasteiger partial charge on any atom is -0.457 e. The van der Waals surface area contributed by atoms with Gasteiger partial charge in [-0.3, -0.25) is 9.59 Å². The van der Waals surface area contributed by atoms with E-state index in [2.05, 4.69) is 0 Å². The molecule has 2 aromatic carbocycles. The summed E-state index contributed by atoms with van der Waals surface area (Å²) in [5.41, 5.74) is 1.71. The van der Waals surface area contributed by atoms with Crippen molar-refractivity contribution in [1.29, 1.82) is 0 Å². The lowest BCUT2D eigenvalue weighted by Gasteiger charge is -2.10. The molecule has 0 aliphatic heterocycles. The molecule has 0 radical (unpaired) electrons. The molecule has 114 valence electrons. The number of aryl methyl sites for hydroxylation is 1. The van der Waals surface area contributed by atoms with Crippen LogP contribution in [0.25, 0.3) is 0 Å². The molecule has 2 rings (SSSR count). The number of carbonyl (C=O) groups is 2. The molecule has 0 aliphatic rings. The van der Waals surface area contributed by atoms with Gasteiger partial charge in [-0.05, 0) is 48.4 Å². The Hall–Kier alpha value is -2.62. The van der Waals surface area contributed by atoms with Crippen molar-refractivity contribution >= 4 is 12.2 Å². The summed E-state index contributed by atoms with van der Waals surface area (Å²) in [4.78, 5) is 23.7. The van der Waals surface area contributed by atoms with Crippen LogP contribution in [0.15, 0.2) is 48.5 Å². The Morgan fingerprint density at radius 3 is 2.05 bits per heavy atom. The van der Waals surface area contributed by atoms with Crippen molar-refractivity contribution < 1.29 is 14.3 Å². The van der Waals surface area contributed by atoms with Crippen LogP contribution >= 0.6 is 0 Å². The van der Waals surface area contributed by atoms with E-state index >= 15 is 0 Å². The summed E-state index contributed by atoms with van der Waals surface area (Å²) in [5.74, 6) is 1.53. The van der Waals surface area contributed by atoms with Crippen LogP contribution in [0, 0.1) is 0 Å². The zero-order valence-corrected chi connectivity index (χ0v) is 12.8. The number of hydrogen-bond donors (Lipinski definition) is 0. The molecule has 0 bridgehead atoms. The van der Waals surface area contributed by atoms with Gasteiger partial charge in [0.05, 0.1) is 0 Å². The van der Waals surface area contributed by atoms with Crippen molar-refractivity contribution in [2.75, 3.05) is 14.1 Å². The van der Waals surface area contributed by atoms with Gasteiger partial charge < -0.3 is 9.64 Å². The maximum Gasteiger partial charge on any atom is 0.222 e. The number of amides is 1. The van der Waals surface area contributed by atoms with E-state index in [9.17, 15) is 9.59 Å². The minimum atomic E-state index is 0.121. The van der Waals surface area contributed by atoms with Gasteiger partial charge in [0, 0.05) is 26.1 Å². The highest BCUT2D eigenvalue weighted by Crippen LogP contribution is 2.22. The van der Waals surface area contributed by atoms with Gasteiger partial charge in [0.1, 0.15) is 17.8 Å². The highest BCUT2D eigenvalue weighted by atomic mass is 16.5. The first kappa shape index (κ1) is 15.8. The molecule has 0 saturated heterocycles. The Bertz CT molecular complexity index is 630. The lowest BCUT2D eigenvalue weighted by molar-refractivity contribution is -0.128. The second-order valence-corrected chi connectivity index (χ2v) is 5.22.